The van der Waals surface area contributed by atoms with E-state index in [2.05, 4.69) is 29.0 Å². The minimum absolute atomic E-state index is 0.00754. The summed E-state index contributed by atoms with van der Waals surface area (Å²) in [5.74, 6) is 0.00754. The lowest BCUT2D eigenvalue weighted by molar-refractivity contribution is -0.118. The van der Waals surface area contributed by atoms with Crippen LogP contribution in [0.1, 0.15) is 19.4 Å². The minimum atomic E-state index is 0.00754. The van der Waals surface area contributed by atoms with Crippen molar-refractivity contribution in [3.8, 4) is 0 Å². The molecule has 0 radical (unpaired) electrons. The van der Waals surface area contributed by atoms with Gasteiger partial charge in [-0.25, -0.2) is 0 Å². The minimum Gasteiger partial charge on any atom is -0.397 e. The Morgan fingerprint density at radius 2 is 2.19 bits per heavy atom. The summed E-state index contributed by atoms with van der Waals surface area (Å²) < 4.78 is 0. The number of aryl methyl sites for hydroxylation is 1. The number of hydrogen-bond acceptors (Lipinski definition) is 4. The zero-order valence-electron chi connectivity index (χ0n) is 13.2. The second kappa shape index (κ2) is 6.91. The Morgan fingerprint density at radius 3 is 2.81 bits per heavy atom. The Hall–Kier alpha value is -1.59. The number of anilines is 2. The number of benzene rings is 1. The van der Waals surface area contributed by atoms with Crippen molar-refractivity contribution in [2.24, 2.45) is 0 Å². The molecule has 1 aromatic rings. The van der Waals surface area contributed by atoms with Crippen LogP contribution in [0.15, 0.2) is 18.2 Å². The molecule has 2 rings (SSSR count). The number of nitrogens with two attached hydrogens (primary N) is 1. The van der Waals surface area contributed by atoms with Crippen molar-refractivity contribution in [2.75, 3.05) is 43.8 Å². The lowest BCUT2D eigenvalue weighted by Gasteiger charge is -2.39. The third-order valence-corrected chi connectivity index (χ3v) is 4.19. The fraction of sp³-hybridized carbons (Fsp3) is 0.562. The first-order valence-electron chi connectivity index (χ1n) is 7.62. The van der Waals surface area contributed by atoms with Crippen molar-refractivity contribution in [1.29, 1.82) is 0 Å². The van der Waals surface area contributed by atoms with Gasteiger partial charge in [0.05, 0.1) is 17.9 Å². The number of amides is 1. The van der Waals surface area contributed by atoms with Crippen LogP contribution < -0.4 is 11.1 Å². The van der Waals surface area contributed by atoms with E-state index in [-0.39, 0.29) is 5.91 Å². The molecule has 1 aromatic carbocycles. The van der Waals surface area contributed by atoms with Crippen molar-refractivity contribution in [1.82, 2.24) is 9.80 Å². The van der Waals surface area contributed by atoms with Gasteiger partial charge in [0.15, 0.2) is 0 Å². The van der Waals surface area contributed by atoms with Crippen LogP contribution in [0.25, 0.3) is 0 Å². The molecular formula is C16H26N4O. The molecule has 116 valence electrons. The summed E-state index contributed by atoms with van der Waals surface area (Å²) in [6, 6.07) is 6.16. The summed E-state index contributed by atoms with van der Waals surface area (Å²) in [4.78, 5) is 16.9. The maximum Gasteiger partial charge on any atom is 0.238 e. The van der Waals surface area contributed by atoms with Gasteiger partial charge < -0.3 is 11.1 Å². The van der Waals surface area contributed by atoms with E-state index < -0.39 is 0 Å². The number of piperazine rings is 1. The maximum atomic E-state index is 12.2. The van der Waals surface area contributed by atoms with Crippen molar-refractivity contribution in [2.45, 2.75) is 26.8 Å². The van der Waals surface area contributed by atoms with Crippen molar-refractivity contribution >= 4 is 17.3 Å². The highest BCUT2D eigenvalue weighted by Gasteiger charge is 2.23. The highest BCUT2D eigenvalue weighted by molar-refractivity contribution is 5.96. The average Bonchev–Trinajstić information content (AvgIpc) is 2.43. The number of nitrogens with one attached hydrogen (secondary N) is 1. The van der Waals surface area contributed by atoms with Crippen LogP contribution in [0.4, 0.5) is 11.4 Å². The van der Waals surface area contributed by atoms with Gasteiger partial charge in [0.1, 0.15) is 0 Å². The maximum absolute atomic E-state index is 12.2. The first-order chi connectivity index (χ1) is 10.0. The highest BCUT2D eigenvalue weighted by Crippen LogP contribution is 2.22. The monoisotopic (exact) mass is 290 g/mol. The summed E-state index contributed by atoms with van der Waals surface area (Å²) in [5.41, 5.74) is 8.28. The summed E-state index contributed by atoms with van der Waals surface area (Å²) in [6.07, 6.45) is 0. The van der Waals surface area contributed by atoms with E-state index in [0.717, 1.165) is 37.4 Å². The number of para-hydroxylation sites is 1. The Morgan fingerprint density at radius 1 is 1.43 bits per heavy atom. The third kappa shape index (κ3) is 3.95. The normalized spacial score (nSPS) is 20.4. The topological polar surface area (TPSA) is 61.6 Å². The van der Waals surface area contributed by atoms with E-state index >= 15 is 0 Å². The van der Waals surface area contributed by atoms with Crippen molar-refractivity contribution < 1.29 is 4.79 Å². The van der Waals surface area contributed by atoms with Gasteiger partial charge in [0.25, 0.3) is 0 Å². The second-order valence-electron chi connectivity index (χ2n) is 5.80. The van der Waals surface area contributed by atoms with E-state index in [1.54, 1.807) is 0 Å². The fourth-order valence-electron chi connectivity index (χ4n) is 2.93. The average molecular weight is 290 g/mol. The third-order valence-electron chi connectivity index (χ3n) is 4.19. The molecule has 1 aliphatic heterocycles. The molecule has 1 unspecified atom stereocenters. The molecule has 1 fully saturated rings. The Labute approximate surface area is 127 Å². The molecule has 5 nitrogen and oxygen atoms in total. The molecule has 1 aliphatic rings. The van der Waals surface area contributed by atoms with Crippen LogP contribution in [0, 0.1) is 6.92 Å². The number of carbonyl (C=O) groups excluding carboxylic acids is 1. The molecule has 1 saturated heterocycles. The molecule has 0 aliphatic carbocycles. The second-order valence-corrected chi connectivity index (χ2v) is 5.80. The first kappa shape index (κ1) is 15.8. The van der Waals surface area contributed by atoms with E-state index in [4.69, 9.17) is 5.73 Å². The zero-order chi connectivity index (χ0) is 15.4. The number of hydrogen-bond donors (Lipinski definition) is 2. The lowest BCUT2D eigenvalue weighted by atomic mass is 10.1. The van der Waals surface area contributed by atoms with Crippen molar-refractivity contribution in [3.63, 3.8) is 0 Å². The lowest BCUT2D eigenvalue weighted by Crippen LogP contribution is -2.53. The highest BCUT2D eigenvalue weighted by atomic mass is 16.2. The van der Waals surface area contributed by atoms with E-state index in [9.17, 15) is 4.79 Å². The van der Waals surface area contributed by atoms with Crippen LogP contribution in [0.3, 0.4) is 0 Å². The van der Waals surface area contributed by atoms with Gasteiger partial charge in [-0.15, -0.1) is 0 Å². The number of nitrogens with zero attached hydrogens (tertiary/aromatic N) is 2. The zero-order valence-corrected chi connectivity index (χ0v) is 13.2. The Balaban J connectivity index is 1.91. The molecule has 0 bridgehead atoms. The van der Waals surface area contributed by atoms with Crippen LogP contribution in [0.5, 0.6) is 0 Å². The molecule has 0 saturated carbocycles. The van der Waals surface area contributed by atoms with Gasteiger partial charge in [0.2, 0.25) is 5.91 Å². The summed E-state index contributed by atoms with van der Waals surface area (Å²) in [5, 5.41) is 2.95. The molecule has 1 atom stereocenters. The summed E-state index contributed by atoms with van der Waals surface area (Å²) in [7, 11) is 0. The van der Waals surface area contributed by atoms with E-state index in [1.165, 1.54) is 0 Å². The molecule has 3 N–H and O–H groups in total. The van der Waals surface area contributed by atoms with Gasteiger partial charge in [-0.05, 0) is 32.0 Å². The molecular weight excluding hydrogens is 264 g/mol. The first-order valence-corrected chi connectivity index (χ1v) is 7.62. The van der Waals surface area contributed by atoms with Gasteiger partial charge >= 0.3 is 0 Å². The molecule has 0 aromatic heterocycles. The van der Waals surface area contributed by atoms with E-state index in [0.29, 0.717) is 18.3 Å². The SMILES string of the molecule is CCN1CCN(CC(=O)Nc2c(C)cccc2N)CC1C. The smallest absolute Gasteiger partial charge is 0.238 e. The van der Waals surface area contributed by atoms with Gasteiger partial charge in [-0.1, -0.05) is 19.1 Å². The number of carbonyl (C=O) groups is 1. The van der Waals surface area contributed by atoms with Gasteiger partial charge in [-0.2, -0.15) is 0 Å². The number of likely N-dealkylation sites (N-methyl/N-ethyl adjacent to an activating group) is 1. The van der Waals surface area contributed by atoms with Crippen LogP contribution >= 0.6 is 0 Å². The van der Waals surface area contributed by atoms with Crippen LogP contribution in [0.2, 0.25) is 0 Å². The quantitative estimate of drug-likeness (QED) is 0.826. The number of rotatable bonds is 4. The Bertz CT molecular complexity index is 483. The molecule has 0 spiro atoms. The molecule has 1 amide bonds. The fourth-order valence-corrected chi connectivity index (χ4v) is 2.93. The predicted octanol–water partition coefficient (Wildman–Crippen LogP) is 1.54. The largest absolute Gasteiger partial charge is 0.397 e. The van der Waals surface area contributed by atoms with Gasteiger partial charge in [-0.3, -0.25) is 14.6 Å². The Kier molecular flexibility index (Phi) is 5.20. The van der Waals surface area contributed by atoms with Crippen LogP contribution in [-0.2, 0) is 4.79 Å². The van der Waals surface area contributed by atoms with Crippen molar-refractivity contribution in [3.05, 3.63) is 23.8 Å². The molecule has 1 heterocycles. The molecule has 21 heavy (non-hydrogen) atoms. The van der Waals surface area contributed by atoms with E-state index in [1.807, 2.05) is 25.1 Å². The number of nitrogen functional groups attached to an aromatic ring is 1. The summed E-state index contributed by atoms with van der Waals surface area (Å²) in [6.45, 7) is 10.7. The van der Waals surface area contributed by atoms with Crippen LogP contribution in [-0.4, -0.2) is 54.5 Å². The predicted molar refractivity (Wildman–Crippen MR) is 87.4 cm³/mol. The molecule has 5 heteroatoms. The van der Waals surface area contributed by atoms with Gasteiger partial charge in [0, 0.05) is 25.7 Å². The summed E-state index contributed by atoms with van der Waals surface area (Å²) >= 11 is 0. The standard InChI is InChI=1S/C16H26N4O/c1-4-20-9-8-19(10-13(20)3)11-15(21)18-16-12(2)6-5-7-14(16)17/h5-7,13H,4,8-11,17H2,1-3H3,(H,18,21).